The second-order valence-electron chi connectivity index (χ2n) is 3.73. The van der Waals surface area contributed by atoms with Crippen molar-refractivity contribution < 1.29 is 9.50 Å². The molecule has 1 aromatic rings. The third-order valence-electron chi connectivity index (χ3n) is 2.06. The molecule has 0 aliphatic heterocycles. The van der Waals surface area contributed by atoms with Gasteiger partial charge in [0.25, 0.3) is 0 Å². The number of rotatable bonds is 4. The highest BCUT2D eigenvalue weighted by Crippen LogP contribution is 2.20. The van der Waals surface area contributed by atoms with Crippen LogP contribution in [0.4, 0.5) is 4.39 Å². The van der Waals surface area contributed by atoms with Gasteiger partial charge in [-0.15, -0.1) is 0 Å². The molecule has 0 saturated carbocycles. The minimum Gasteiger partial charge on any atom is -0.394 e. The van der Waals surface area contributed by atoms with Crippen LogP contribution in [0.25, 0.3) is 0 Å². The first-order valence-electron chi connectivity index (χ1n) is 4.86. The van der Waals surface area contributed by atoms with Crippen molar-refractivity contribution in [1.29, 1.82) is 0 Å². The fourth-order valence-electron chi connectivity index (χ4n) is 1.39. The highest BCUT2D eigenvalue weighted by Gasteiger charge is 2.12. The first-order chi connectivity index (χ1) is 7.04. The van der Waals surface area contributed by atoms with Crippen molar-refractivity contribution in [2.75, 3.05) is 6.61 Å². The van der Waals surface area contributed by atoms with Gasteiger partial charge in [-0.05, 0) is 33.6 Å². The van der Waals surface area contributed by atoms with Gasteiger partial charge in [-0.3, -0.25) is 0 Å². The standard InChI is InChI=1S/C11H15BrFNO/c1-7(2)14-11(6-15)8-3-4-9(12)10(13)5-8/h3-5,7,11,14-15H,6H2,1-2H3. The van der Waals surface area contributed by atoms with Crippen molar-refractivity contribution in [3.05, 3.63) is 34.1 Å². The van der Waals surface area contributed by atoms with E-state index in [0.717, 1.165) is 5.56 Å². The van der Waals surface area contributed by atoms with Crippen molar-refractivity contribution in [1.82, 2.24) is 5.32 Å². The lowest BCUT2D eigenvalue weighted by Crippen LogP contribution is -2.30. The molecule has 0 aliphatic carbocycles. The molecule has 0 radical (unpaired) electrons. The predicted octanol–water partition coefficient (Wildman–Crippen LogP) is 2.62. The van der Waals surface area contributed by atoms with E-state index < -0.39 is 0 Å². The molecule has 0 aliphatic rings. The van der Waals surface area contributed by atoms with Crippen LogP contribution in [0.15, 0.2) is 22.7 Å². The average Bonchev–Trinajstić information content (AvgIpc) is 2.18. The van der Waals surface area contributed by atoms with Crippen LogP contribution in [0.5, 0.6) is 0 Å². The maximum Gasteiger partial charge on any atom is 0.137 e. The van der Waals surface area contributed by atoms with Crippen molar-refractivity contribution in [2.24, 2.45) is 0 Å². The zero-order valence-corrected chi connectivity index (χ0v) is 10.4. The molecule has 84 valence electrons. The molecule has 2 N–H and O–H groups in total. The molecular formula is C11H15BrFNO. The van der Waals surface area contributed by atoms with Gasteiger partial charge in [0.1, 0.15) is 5.82 Å². The molecule has 0 bridgehead atoms. The van der Waals surface area contributed by atoms with Crippen LogP contribution < -0.4 is 5.32 Å². The molecule has 15 heavy (non-hydrogen) atoms. The van der Waals surface area contributed by atoms with Gasteiger partial charge >= 0.3 is 0 Å². The van der Waals surface area contributed by atoms with E-state index in [1.54, 1.807) is 12.1 Å². The molecular weight excluding hydrogens is 261 g/mol. The Morgan fingerprint density at radius 2 is 2.13 bits per heavy atom. The predicted molar refractivity (Wildman–Crippen MR) is 62.2 cm³/mol. The van der Waals surface area contributed by atoms with E-state index in [1.807, 2.05) is 13.8 Å². The number of hydrogen-bond acceptors (Lipinski definition) is 2. The van der Waals surface area contributed by atoms with Crippen molar-refractivity contribution >= 4 is 15.9 Å². The number of aliphatic hydroxyl groups is 1. The molecule has 0 spiro atoms. The summed E-state index contributed by atoms with van der Waals surface area (Å²) in [7, 11) is 0. The van der Waals surface area contributed by atoms with E-state index in [0.29, 0.717) is 4.47 Å². The quantitative estimate of drug-likeness (QED) is 0.886. The fourth-order valence-corrected chi connectivity index (χ4v) is 1.63. The average molecular weight is 276 g/mol. The molecule has 1 atom stereocenters. The molecule has 0 saturated heterocycles. The summed E-state index contributed by atoms with van der Waals surface area (Å²) in [5.74, 6) is -0.309. The number of benzene rings is 1. The van der Waals surface area contributed by atoms with E-state index >= 15 is 0 Å². The van der Waals surface area contributed by atoms with Crippen LogP contribution in [0.2, 0.25) is 0 Å². The zero-order valence-electron chi connectivity index (χ0n) is 8.80. The van der Waals surface area contributed by atoms with Gasteiger partial charge in [-0.25, -0.2) is 4.39 Å². The van der Waals surface area contributed by atoms with E-state index in [2.05, 4.69) is 21.2 Å². The lowest BCUT2D eigenvalue weighted by atomic mass is 10.1. The maximum absolute atomic E-state index is 13.3. The van der Waals surface area contributed by atoms with Crippen molar-refractivity contribution in [2.45, 2.75) is 25.9 Å². The number of hydrogen-bond donors (Lipinski definition) is 2. The highest BCUT2D eigenvalue weighted by molar-refractivity contribution is 9.10. The third-order valence-corrected chi connectivity index (χ3v) is 2.71. The normalized spacial score (nSPS) is 13.2. The van der Waals surface area contributed by atoms with Gasteiger partial charge in [0, 0.05) is 6.04 Å². The highest BCUT2D eigenvalue weighted by atomic mass is 79.9. The van der Waals surface area contributed by atoms with Gasteiger partial charge < -0.3 is 10.4 Å². The van der Waals surface area contributed by atoms with Crippen LogP contribution in [0.3, 0.4) is 0 Å². The SMILES string of the molecule is CC(C)NC(CO)c1ccc(Br)c(F)c1. The van der Waals surface area contributed by atoms with Gasteiger partial charge in [0.2, 0.25) is 0 Å². The number of nitrogens with one attached hydrogen (secondary N) is 1. The number of halogens is 2. The van der Waals surface area contributed by atoms with E-state index in [-0.39, 0.29) is 24.5 Å². The summed E-state index contributed by atoms with van der Waals surface area (Å²) in [5, 5.41) is 12.4. The minimum atomic E-state index is -0.309. The zero-order chi connectivity index (χ0) is 11.4. The van der Waals surface area contributed by atoms with Crippen LogP contribution in [-0.2, 0) is 0 Å². The maximum atomic E-state index is 13.3. The molecule has 1 aromatic carbocycles. The Morgan fingerprint density at radius 1 is 1.47 bits per heavy atom. The van der Waals surface area contributed by atoms with Crippen LogP contribution in [0.1, 0.15) is 25.5 Å². The summed E-state index contributed by atoms with van der Waals surface area (Å²) in [5.41, 5.74) is 0.756. The Labute approximate surface area is 97.6 Å². The molecule has 0 amide bonds. The van der Waals surface area contributed by atoms with E-state index in [4.69, 9.17) is 0 Å². The lowest BCUT2D eigenvalue weighted by Gasteiger charge is -2.19. The Balaban J connectivity index is 2.87. The smallest absolute Gasteiger partial charge is 0.137 e. The van der Waals surface area contributed by atoms with Gasteiger partial charge in [-0.2, -0.15) is 0 Å². The van der Waals surface area contributed by atoms with E-state index in [1.165, 1.54) is 6.07 Å². The Kier molecular flexibility index (Phi) is 4.70. The molecule has 4 heteroatoms. The molecule has 0 heterocycles. The molecule has 0 fully saturated rings. The second-order valence-corrected chi connectivity index (χ2v) is 4.58. The van der Waals surface area contributed by atoms with Crippen LogP contribution in [-0.4, -0.2) is 17.8 Å². The first-order valence-corrected chi connectivity index (χ1v) is 5.65. The second kappa shape index (κ2) is 5.58. The van der Waals surface area contributed by atoms with E-state index in [9.17, 15) is 9.50 Å². The topological polar surface area (TPSA) is 32.3 Å². The third kappa shape index (κ3) is 3.55. The largest absolute Gasteiger partial charge is 0.394 e. The molecule has 2 nitrogen and oxygen atoms in total. The molecule has 1 rings (SSSR count). The summed E-state index contributed by atoms with van der Waals surface area (Å²) in [6.45, 7) is 3.93. The monoisotopic (exact) mass is 275 g/mol. The molecule has 1 unspecified atom stereocenters. The fraction of sp³-hybridized carbons (Fsp3) is 0.455. The van der Waals surface area contributed by atoms with Gasteiger partial charge in [0.05, 0.1) is 17.1 Å². The summed E-state index contributed by atoms with van der Waals surface area (Å²) in [4.78, 5) is 0. The Hall–Kier alpha value is -0.450. The van der Waals surface area contributed by atoms with Crippen LogP contribution in [0, 0.1) is 5.82 Å². The van der Waals surface area contributed by atoms with Gasteiger partial charge in [-0.1, -0.05) is 19.9 Å². The summed E-state index contributed by atoms with van der Waals surface area (Å²) in [6.07, 6.45) is 0. The van der Waals surface area contributed by atoms with Crippen molar-refractivity contribution in [3.8, 4) is 0 Å². The Bertz CT molecular complexity index is 330. The number of aliphatic hydroxyl groups excluding tert-OH is 1. The first kappa shape index (κ1) is 12.6. The van der Waals surface area contributed by atoms with Gasteiger partial charge in [0.15, 0.2) is 0 Å². The van der Waals surface area contributed by atoms with Crippen molar-refractivity contribution in [3.63, 3.8) is 0 Å². The minimum absolute atomic E-state index is 0.0424. The van der Waals surface area contributed by atoms with Crippen LogP contribution >= 0.6 is 15.9 Å². The lowest BCUT2D eigenvalue weighted by molar-refractivity contribution is 0.237. The summed E-state index contributed by atoms with van der Waals surface area (Å²) < 4.78 is 13.7. The molecule has 0 aromatic heterocycles. The summed E-state index contributed by atoms with van der Waals surface area (Å²) in [6, 6.07) is 4.90. The summed E-state index contributed by atoms with van der Waals surface area (Å²) >= 11 is 3.09. The Morgan fingerprint density at radius 3 is 2.60 bits per heavy atom.